The van der Waals surface area contributed by atoms with Gasteiger partial charge in [0.15, 0.2) is 5.92 Å². The molecule has 1 rings (SSSR count). The number of hydrogen-bond acceptors (Lipinski definition) is 2. The molecule has 4 nitrogen and oxygen atoms in total. The van der Waals surface area contributed by atoms with E-state index in [0.717, 1.165) is 18.2 Å². The molecule has 0 radical (unpaired) electrons. The van der Waals surface area contributed by atoms with E-state index in [-0.39, 0.29) is 5.56 Å². The highest BCUT2D eigenvalue weighted by Gasteiger charge is 2.27. The van der Waals surface area contributed by atoms with Crippen LogP contribution in [0.2, 0.25) is 0 Å². The number of aliphatic carboxylic acids is 2. The monoisotopic (exact) mass is 230 g/mol. The maximum absolute atomic E-state index is 13.1. The molecule has 0 spiro atoms. The number of rotatable bonds is 4. The summed E-state index contributed by atoms with van der Waals surface area (Å²) in [5.74, 6) is -6.52. The first-order valence-corrected chi connectivity index (χ1v) is 4.31. The molecule has 6 heteroatoms. The molecule has 2 N–H and O–H groups in total. The predicted octanol–water partition coefficient (Wildman–Crippen LogP) is 1.29. The summed E-state index contributed by atoms with van der Waals surface area (Å²) in [4.78, 5) is 21.1. The summed E-state index contributed by atoms with van der Waals surface area (Å²) in [5.41, 5.74) is -0.269. The minimum atomic E-state index is -1.78. The molecule has 0 aliphatic heterocycles. The van der Waals surface area contributed by atoms with E-state index in [4.69, 9.17) is 10.2 Å². The van der Waals surface area contributed by atoms with E-state index >= 15 is 0 Å². The van der Waals surface area contributed by atoms with Crippen molar-refractivity contribution in [3.8, 4) is 0 Å². The van der Waals surface area contributed by atoms with Gasteiger partial charge in [-0.15, -0.1) is 0 Å². The smallest absolute Gasteiger partial charge is 0.318 e. The highest BCUT2D eigenvalue weighted by atomic mass is 19.1. The Bertz CT molecular complexity index is 417. The van der Waals surface area contributed by atoms with Crippen molar-refractivity contribution in [3.05, 3.63) is 35.4 Å². The van der Waals surface area contributed by atoms with Gasteiger partial charge >= 0.3 is 11.9 Å². The summed E-state index contributed by atoms with van der Waals surface area (Å²) in [6.45, 7) is 0. The molecule has 0 bridgehead atoms. The fourth-order valence-corrected chi connectivity index (χ4v) is 1.20. The van der Waals surface area contributed by atoms with Crippen LogP contribution in [0, 0.1) is 17.6 Å². The molecule has 1 aromatic carbocycles. The molecular formula is C10H8F2O4. The van der Waals surface area contributed by atoms with Crippen LogP contribution in [-0.4, -0.2) is 22.2 Å². The molecule has 0 atom stereocenters. The van der Waals surface area contributed by atoms with Gasteiger partial charge in [-0.1, -0.05) is 0 Å². The standard InChI is InChI=1S/C10H8F2O4/c11-6-1-2-8(12)5(3-6)4-7(9(13)14)10(15)16/h1-3,7H,4H2,(H,13,14)(H,15,16). The average Bonchev–Trinajstić information content (AvgIpc) is 2.18. The third kappa shape index (κ3) is 2.75. The van der Waals surface area contributed by atoms with Crippen LogP contribution in [0.15, 0.2) is 18.2 Å². The van der Waals surface area contributed by atoms with Gasteiger partial charge in [-0.05, 0) is 30.2 Å². The molecule has 0 amide bonds. The Hall–Kier alpha value is -1.98. The Morgan fingerprint density at radius 3 is 2.25 bits per heavy atom. The van der Waals surface area contributed by atoms with Gasteiger partial charge in [0, 0.05) is 0 Å². The van der Waals surface area contributed by atoms with Crippen LogP contribution in [-0.2, 0) is 16.0 Å². The maximum Gasteiger partial charge on any atom is 0.318 e. The fourth-order valence-electron chi connectivity index (χ4n) is 1.20. The van der Waals surface area contributed by atoms with Crippen molar-refractivity contribution in [1.29, 1.82) is 0 Å². The zero-order valence-electron chi connectivity index (χ0n) is 7.98. The van der Waals surface area contributed by atoms with Crippen LogP contribution in [0.5, 0.6) is 0 Å². The summed E-state index contributed by atoms with van der Waals surface area (Å²) >= 11 is 0. The minimum absolute atomic E-state index is 0.269. The summed E-state index contributed by atoms with van der Waals surface area (Å²) < 4.78 is 25.8. The van der Waals surface area contributed by atoms with E-state index in [1.165, 1.54) is 0 Å². The second-order valence-electron chi connectivity index (χ2n) is 3.17. The van der Waals surface area contributed by atoms with Gasteiger partial charge in [0.25, 0.3) is 0 Å². The van der Waals surface area contributed by atoms with Gasteiger partial charge in [-0.25, -0.2) is 8.78 Å². The highest BCUT2D eigenvalue weighted by Crippen LogP contribution is 2.15. The van der Waals surface area contributed by atoms with Crippen molar-refractivity contribution in [3.63, 3.8) is 0 Å². The van der Waals surface area contributed by atoms with Crippen molar-refractivity contribution < 1.29 is 28.6 Å². The van der Waals surface area contributed by atoms with Crippen LogP contribution in [0.25, 0.3) is 0 Å². The van der Waals surface area contributed by atoms with E-state index in [2.05, 4.69) is 0 Å². The molecule has 0 saturated heterocycles. The van der Waals surface area contributed by atoms with Crippen LogP contribution in [0.1, 0.15) is 5.56 Å². The van der Waals surface area contributed by atoms with E-state index < -0.39 is 35.9 Å². The summed E-state index contributed by atoms with van der Waals surface area (Å²) in [5, 5.41) is 17.1. The van der Waals surface area contributed by atoms with Crippen molar-refractivity contribution in [1.82, 2.24) is 0 Å². The first kappa shape index (κ1) is 12.1. The van der Waals surface area contributed by atoms with E-state index in [9.17, 15) is 18.4 Å². The number of hydrogen-bond donors (Lipinski definition) is 2. The lowest BCUT2D eigenvalue weighted by Crippen LogP contribution is -2.25. The SMILES string of the molecule is O=C(O)C(Cc1cc(F)ccc1F)C(=O)O. The van der Waals surface area contributed by atoms with Crippen LogP contribution in [0.3, 0.4) is 0 Å². The number of halogens is 2. The zero-order chi connectivity index (χ0) is 12.3. The Kier molecular flexibility index (Phi) is 3.55. The van der Waals surface area contributed by atoms with Crippen molar-refractivity contribution in [2.24, 2.45) is 5.92 Å². The molecule has 0 saturated carbocycles. The molecular weight excluding hydrogens is 222 g/mol. The topological polar surface area (TPSA) is 74.6 Å². The van der Waals surface area contributed by atoms with E-state index in [0.29, 0.717) is 0 Å². The van der Waals surface area contributed by atoms with Gasteiger partial charge < -0.3 is 10.2 Å². The molecule has 0 heterocycles. The normalized spacial score (nSPS) is 10.4. The molecule has 0 aliphatic carbocycles. The van der Waals surface area contributed by atoms with Crippen molar-refractivity contribution in [2.45, 2.75) is 6.42 Å². The molecule has 1 aromatic rings. The minimum Gasteiger partial charge on any atom is -0.481 e. The van der Waals surface area contributed by atoms with Crippen LogP contribution >= 0.6 is 0 Å². The summed E-state index contributed by atoms with van der Waals surface area (Å²) in [7, 11) is 0. The van der Waals surface area contributed by atoms with Gasteiger partial charge in [-0.3, -0.25) is 9.59 Å². The molecule has 0 fully saturated rings. The fraction of sp³-hybridized carbons (Fsp3) is 0.200. The Morgan fingerprint density at radius 2 is 1.75 bits per heavy atom. The quantitative estimate of drug-likeness (QED) is 0.764. The maximum atomic E-state index is 13.1. The number of benzene rings is 1. The van der Waals surface area contributed by atoms with Crippen LogP contribution < -0.4 is 0 Å². The first-order chi connectivity index (χ1) is 7.41. The van der Waals surface area contributed by atoms with E-state index in [1.807, 2.05) is 0 Å². The van der Waals surface area contributed by atoms with Crippen molar-refractivity contribution >= 4 is 11.9 Å². The van der Waals surface area contributed by atoms with Crippen LogP contribution in [0.4, 0.5) is 8.78 Å². The Morgan fingerprint density at radius 1 is 1.19 bits per heavy atom. The molecule has 0 unspecified atom stereocenters. The lowest BCUT2D eigenvalue weighted by atomic mass is 9.99. The van der Waals surface area contributed by atoms with Gasteiger partial charge in [0.2, 0.25) is 0 Å². The predicted molar refractivity (Wildman–Crippen MR) is 48.8 cm³/mol. The number of carbonyl (C=O) groups is 2. The Labute approximate surface area is 89.1 Å². The molecule has 0 aromatic heterocycles. The second kappa shape index (κ2) is 4.69. The van der Waals surface area contributed by atoms with E-state index in [1.54, 1.807) is 0 Å². The summed E-state index contributed by atoms with van der Waals surface area (Å²) in [6, 6.07) is 2.48. The largest absolute Gasteiger partial charge is 0.481 e. The zero-order valence-corrected chi connectivity index (χ0v) is 7.98. The third-order valence-corrected chi connectivity index (χ3v) is 2.03. The number of carboxylic acid groups (broad SMARTS) is 2. The van der Waals surface area contributed by atoms with Gasteiger partial charge in [0.05, 0.1) is 0 Å². The lowest BCUT2D eigenvalue weighted by Gasteiger charge is -2.08. The summed E-state index contributed by atoms with van der Waals surface area (Å²) in [6.07, 6.45) is -0.589. The third-order valence-electron chi connectivity index (χ3n) is 2.03. The molecule has 0 aliphatic rings. The molecule has 16 heavy (non-hydrogen) atoms. The highest BCUT2D eigenvalue weighted by molar-refractivity contribution is 5.93. The first-order valence-electron chi connectivity index (χ1n) is 4.31. The van der Waals surface area contributed by atoms with Gasteiger partial charge in [0.1, 0.15) is 11.6 Å². The molecule has 86 valence electrons. The van der Waals surface area contributed by atoms with Crippen molar-refractivity contribution in [2.75, 3.05) is 0 Å². The van der Waals surface area contributed by atoms with Gasteiger partial charge in [-0.2, -0.15) is 0 Å². The lowest BCUT2D eigenvalue weighted by molar-refractivity contribution is -0.154. The second-order valence-corrected chi connectivity index (χ2v) is 3.17. The number of carboxylic acids is 2. The Balaban J connectivity index is 2.97. The average molecular weight is 230 g/mol.